The number of sulfonamides is 1. The minimum absolute atomic E-state index is 0.0231. The molecule has 1 aliphatic rings. The maximum absolute atomic E-state index is 12.3. The molecule has 0 aliphatic carbocycles. The highest BCUT2D eigenvalue weighted by molar-refractivity contribution is 7.89. The lowest BCUT2D eigenvalue weighted by atomic mass is 10.00. The summed E-state index contributed by atoms with van der Waals surface area (Å²) in [5, 5.41) is 11.5. The van der Waals surface area contributed by atoms with Gasteiger partial charge in [-0.1, -0.05) is 6.92 Å². The van der Waals surface area contributed by atoms with Gasteiger partial charge < -0.3 is 10.4 Å². The van der Waals surface area contributed by atoms with E-state index in [0.717, 1.165) is 0 Å². The van der Waals surface area contributed by atoms with Gasteiger partial charge in [0.15, 0.2) is 0 Å². The van der Waals surface area contributed by atoms with Crippen LogP contribution in [0.2, 0.25) is 0 Å². The highest BCUT2D eigenvalue weighted by Crippen LogP contribution is 2.23. The predicted molar refractivity (Wildman–Crippen MR) is 78.3 cm³/mol. The summed E-state index contributed by atoms with van der Waals surface area (Å²) >= 11 is 0. The van der Waals surface area contributed by atoms with Crippen LogP contribution in [0.25, 0.3) is 0 Å². The molecular weight excluding hydrogens is 296 g/mol. The fourth-order valence-electron chi connectivity index (χ4n) is 2.55. The van der Waals surface area contributed by atoms with E-state index in [-0.39, 0.29) is 12.2 Å². The van der Waals surface area contributed by atoms with E-state index in [0.29, 0.717) is 25.8 Å². The Morgan fingerprint density at radius 2 is 2.00 bits per heavy atom. The summed E-state index contributed by atoms with van der Waals surface area (Å²) in [4.78, 5) is 23.1. The zero-order valence-electron chi connectivity index (χ0n) is 12.8. The number of rotatable bonds is 7. The predicted octanol–water partition coefficient (Wildman–Crippen LogP) is 0.560. The van der Waals surface area contributed by atoms with Crippen LogP contribution in [0.1, 0.15) is 46.5 Å². The molecule has 2 N–H and O–H groups in total. The summed E-state index contributed by atoms with van der Waals surface area (Å²) in [6.45, 7) is 5.34. The lowest BCUT2D eigenvalue weighted by Crippen LogP contribution is -2.53. The molecule has 1 aliphatic heterocycles. The molecule has 1 fully saturated rings. The van der Waals surface area contributed by atoms with Gasteiger partial charge in [-0.15, -0.1) is 0 Å². The molecule has 0 saturated carbocycles. The van der Waals surface area contributed by atoms with Crippen molar-refractivity contribution in [2.24, 2.45) is 0 Å². The van der Waals surface area contributed by atoms with Gasteiger partial charge in [0.05, 0.1) is 12.2 Å². The third-order valence-corrected chi connectivity index (χ3v) is 5.46. The zero-order valence-corrected chi connectivity index (χ0v) is 13.6. The van der Waals surface area contributed by atoms with Gasteiger partial charge in [0.1, 0.15) is 6.04 Å². The van der Waals surface area contributed by atoms with Gasteiger partial charge in [-0.3, -0.25) is 9.59 Å². The minimum atomic E-state index is -3.43. The fraction of sp³-hybridized carbons (Fsp3) is 0.846. The zero-order chi connectivity index (χ0) is 16.3. The van der Waals surface area contributed by atoms with Crippen molar-refractivity contribution in [1.29, 1.82) is 0 Å². The molecule has 7 nitrogen and oxygen atoms in total. The number of hydrogen-bond donors (Lipinski definition) is 2. The second-order valence-corrected chi connectivity index (χ2v) is 8.07. The van der Waals surface area contributed by atoms with Crippen LogP contribution in [0.15, 0.2) is 0 Å². The molecule has 8 heteroatoms. The van der Waals surface area contributed by atoms with Crippen molar-refractivity contribution in [2.45, 2.75) is 58.0 Å². The van der Waals surface area contributed by atoms with Gasteiger partial charge in [0, 0.05) is 12.1 Å². The third kappa shape index (κ3) is 4.96. The summed E-state index contributed by atoms with van der Waals surface area (Å²) in [5.41, 5.74) is -0.911. The molecule has 1 saturated heterocycles. The number of hydrogen-bond acceptors (Lipinski definition) is 4. The Labute approximate surface area is 125 Å². The highest BCUT2D eigenvalue weighted by Gasteiger charge is 2.39. The number of amides is 1. The van der Waals surface area contributed by atoms with Crippen molar-refractivity contribution in [2.75, 3.05) is 12.3 Å². The molecular formula is C13H24N2O5S. The van der Waals surface area contributed by atoms with Gasteiger partial charge in [0.2, 0.25) is 15.9 Å². The van der Waals surface area contributed by atoms with Crippen LogP contribution in [-0.4, -0.2) is 53.6 Å². The molecule has 1 heterocycles. The van der Waals surface area contributed by atoms with Crippen molar-refractivity contribution < 1.29 is 23.1 Å². The van der Waals surface area contributed by atoms with E-state index in [1.54, 1.807) is 20.8 Å². The molecule has 122 valence electrons. The number of carbonyl (C=O) groups is 2. The van der Waals surface area contributed by atoms with Crippen molar-refractivity contribution in [3.8, 4) is 0 Å². The molecule has 0 radical (unpaired) electrons. The summed E-state index contributed by atoms with van der Waals surface area (Å²) in [6, 6.07) is -0.727. The van der Waals surface area contributed by atoms with Gasteiger partial charge in [-0.2, -0.15) is 4.31 Å². The standard InChI is InChI=1S/C13H24N2O5S/c1-4-8-21(19,20)15-7-5-6-10(15)12(18)14-13(2,3)9-11(16)17/h10H,4-9H2,1-3H3,(H,14,18)(H,16,17). The maximum Gasteiger partial charge on any atom is 0.305 e. The SMILES string of the molecule is CCCS(=O)(=O)N1CCCC1C(=O)NC(C)(C)CC(=O)O. The van der Waals surface area contributed by atoms with E-state index < -0.39 is 33.5 Å². The van der Waals surface area contributed by atoms with Crippen molar-refractivity contribution >= 4 is 21.9 Å². The lowest BCUT2D eigenvalue weighted by Gasteiger charge is -2.29. The molecule has 0 spiro atoms. The van der Waals surface area contributed by atoms with Crippen LogP contribution < -0.4 is 5.32 Å². The Hall–Kier alpha value is -1.15. The van der Waals surface area contributed by atoms with Crippen LogP contribution in [0, 0.1) is 0 Å². The average molecular weight is 320 g/mol. The van der Waals surface area contributed by atoms with Gasteiger partial charge >= 0.3 is 5.97 Å². The van der Waals surface area contributed by atoms with E-state index in [1.165, 1.54) is 4.31 Å². The fourth-order valence-corrected chi connectivity index (χ4v) is 4.30. The Kier molecular flexibility index (Phi) is 5.75. The van der Waals surface area contributed by atoms with E-state index in [2.05, 4.69) is 5.32 Å². The molecule has 1 rings (SSSR count). The number of carboxylic acid groups (broad SMARTS) is 1. The molecule has 0 aromatic rings. The van der Waals surface area contributed by atoms with E-state index in [1.807, 2.05) is 0 Å². The van der Waals surface area contributed by atoms with Crippen molar-refractivity contribution in [1.82, 2.24) is 9.62 Å². The highest BCUT2D eigenvalue weighted by atomic mass is 32.2. The quantitative estimate of drug-likeness (QED) is 0.713. The first kappa shape index (κ1) is 17.9. The van der Waals surface area contributed by atoms with Crippen LogP contribution >= 0.6 is 0 Å². The largest absolute Gasteiger partial charge is 0.481 e. The summed E-state index contributed by atoms with van der Waals surface area (Å²) in [5.74, 6) is -1.41. The van der Waals surface area contributed by atoms with Crippen LogP contribution in [0.3, 0.4) is 0 Å². The summed E-state index contributed by atoms with van der Waals surface area (Å²) < 4.78 is 25.5. The first-order chi connectivity index (χ1) is 9.59. The average Bonchev–Trinajstić information content (AvgIpc) is 2.75. The summed E-state index contributed by atoms with van der Waals surface area (Å²) in [7, 11) is -3.43. The van der Waals surface area contributed by atoms with Gasteiger partial charge in [0.25, 0.3) is 0 Å². The third-order valence-electron chi connectivity index (χ3n) is 3.38. The number of carbonyl (C=O) groups excluding carboxylic acids is 1. The van der Waals surface area contributed by atoms with E-state index in [4.69, 9.17) is 5.11 Å². The molecule has 0 bridgehead atoms. The molecule has 1 atom stereocenters. The number of carboxylic acids is 1. The molecule has 0 aromatic heterocycles. The topological polar surface area (TPSA) is 104 Å². The Morgan fingerprint density at radius 1 is 1.38 bits per heavy atom. The molecule has 1 unspecified atom stereocenters. The van der Waals surface area contributed by atoms with Crippen LogP contribution in [0.5, 0.6) is 0 Å². The lowest BCUT2D eigenvalue weighted by molar-refractivity contribution is -0.138. The molecule has 1 amide bonds. The summed E-state index contributed by atoms with van der Waals surface area (Å²) in [6.07, 6.45) is 1.39. The van der Waals surface area contributed by atoms with Crippen molar-refractivity contribution in [3.05, 3.63) is 0 Å². The van der Waals surface area contributed by atoms with E-state index >= 15 is 0 Å². The van der Waals surface area contributed by atoms with Gasteiger partial charge in [-0.05, 0) is 33.1 Å². The minimum Gasteiger partial charge on any atom is -0.481 e. The first-order valence-corrected chi connectivity index (χ1v) is 8.73. The Morgan fingerprint density at radius 3 is 2.52 bits per heavy atom. The second-order valence-electron chi connectivity index (χ2n) is 6.03. The van der Waals surface area contributed by atoms with E-state index in [9.17, 15) is 18.0 Å². The van der Waals surface area contributed by atoms with Crippen LogP contribution in [0.4, 0.5) is 0 Å². The first-order valence-electron chi connectivity index (χ1n) is 7.12. The maximum atomic E-state index is 12.3. The number of nitrogens with one attached hydrogen (secondary N) is 1. The van der Waals surface area contributed by atoms with Gasteiger partial charge in [-0.25, -0.2) is 8.42 Å². The van der Waals surface area contributed by atoms with Crippen LogP contribution in [-0.2, 0) is 19.6 Å². The number of nitrogens with zero attached hydrogens (tertiary/aromatic N) is 1. The Balaban J connectivity index is 2.79. The molecule has 21 heavy (non-hydrogen) atoms. The second kappa shape index (κ2) is 6.74. The smallest absolute Gasteiger partial charge is 0.305 e. The monoisotopic (exact) mass is 320 g/mol. The normalized spacial score (nSPS) is 20.4. The molecule has 0 aromatic carbocycles. The Bertz CT molecular complexity index is 501. The number of aliphatic carboxylic acids is 1. The van der Waals surface area contributed by atoms with Crippen molar-refractivity contribution in [3.63, 3.8) is 0 Å².